The molecule has 0 aromatic carbocycles. The van der Waals surface area contributed by atoms with Crippen LogP contribution in [0.5, 0.6) is 0 Å². The van der Waals surface area contributed by atoms with Crippen LogP contribution in [-0.2, 0) is 4.74 Å². The molecule has 0 bridgehead atoms. The van der Waals surface area contributed by atoms with Gasteiger partial charge in [0, 0.05) is 11.4 Å². The summed E-state index contributed by atoms with van der Waals surface area (Å²) in [6, 6.07) is 0.363. The molecule has 0 amide bonds. The SMILES string of the molecule is CCOC(=O)c1csc2nc(Cl)nc(NC3CCCCCC3)c12. The summed E-state index contributed by atoms with van der Waals surface area (Å²) in [5, 5.41) is 6.19. The van der Waals surface area contributed by atoms with E-state index < -0.39 is 0 Å². The molecule has 2 aromatic heterocycles. The second kappa shape index (κ2) is 7.45. The number of halogens is 1. The van der Waals surface area contributed by atoms with Crippen LogP contribution in [0.15, 0.2) is 5.38 Å². The van der Waals surface area contributed by atoms with Gasteiger partial charge in [-0.1, -0.05) is 25.7 Å². The highest BCUT2D eigenvalue weighted by Crippen LogP contribution is 2.33. The predicted molar refractivity (Wildman–Crippen MR) is 93.5 cm³/mol. The fourth-order valence-corrected chi connectivity index (χ4v) is 4.12. The average Bonchev–Trinajstić information content (AvgIpc) is 2.77. The minimum atomic E-state index is -0.339. The Morgan fingerprint density at radius 3 is 2.78 bits per heavy atom. The molecule has 0 aliphatic heterocycles. The summed E-state index contributed by atoms with van der Waals surface area (Å²) in [5.74, 6) is 0.310. The van der Waals surface area contributed by atoms with Crippen molar-refractivity contribution in [1.82, 2.24) is 9.97 Å². The highest BCUT2D eigenvalue weighted by Gasteiger charge is 2.21. The first-order valence-electron chi connectivity index (χ1n) is 8.07. The first kappa shape index (κ1) is 16.5. The Kier molecular flexibility index (Phi) is 5.33. The molecule has 1 aliphatic carbocycles. The van der Waals surface area contributed by atoms with Gasteiger partial charge in [-0.25, -0.2) is 14.8 Å². The summed E-state index contributed by atoms with van der Waals surface area (Å²) in [4.78, 5) is 21.5. The van der Waals surface area contributed by atoms with Crippen molar-refractivity contribution in [2.45, 2.75) is 51.5 Å². The van der Waals surface area contributed by atoms with Gasteiger partial charge in [0.2, 0.25) is 5.28 Å². The number of rotatable bonds is 4. The molecule has 0 unspecified atom stereocenters. The zero-order chi connectivity index (χ0) is 16.2. The van der Waals surface area contributed by atoms with Crippen LogP contribution in [0, 0.1) is 0 Å². The Morgan fingerprint density at radius 1 is 1.35 bits per heavy atom. The lowest BCUT2D eigenvalue weighted by molar-refractivity contribution is 0.0529. The first-order chi connectivity index (χ1) is 11.2. The van der Waals surface area contributed by atoms with Crippen molar-refractivity contribution in [3.05, 3.63) is 16.2 Å². The maximum atomic E-state index is 12.2. The van der Waals surface area contributed by atoms with Gasteiger partial charge in [0.05, 0.1) is 17.6 Å². The topological polar surface area (TPSA) is 64.1 Å². The van der Waals surface area contributed by atoms with E-state index in [1.807, 2.05) is 0 Å². The Labute approximate surface area is 144 Å². The number of aromatic nitrogens is 2. The van der Waals surface area contributed by atoms with Crippen LogP contribution in [0.3, 0.4) is 0 Å². The Balaban J connectivity index is 1.96. The minimum Gasteiger partial charge on any atom is -0.462 e. The number of carbonyl (C=O) groups is 1. The predicted octanol–water partition coefficient (Wildman–Crippen LogP) is 4.66. The largest absolute Gasteiger partial charge is 0.462 e. The Hall–Kier alpha value is -1.40. The van der Waals surface area contributed by atoms with Gasteiger partial charge >= 0.3 is 5.97 Å². The number of hydrogen-bond donors (Lipinski definition) is 1. The summed E-state index contributed by atoms with van der Waals surface area (Å²) in [7, 11) is 0. The quantitative estimate of drug-likeness (QED) is 0.492. The van der Waals surface area contributed by atoms with Gasteiger partial charge in [0.1, 0.15) is 10.6 Å². The lowest BCUT2D eigenvalue weighted by Crippen LogP contribution is -2.19. The highest BCUT2D eigenvalue weighted by atomic mass is 35.5. The van der Waals surface area contributed by atoms with Gasteiger partial charge in [0.15, 0.2) is 0 Å². The maximum Gasteiger partial charge on any atom is 0.339 e. The van der Waals surface area contributed by atoms with Gasteiger partial charge in [-0.15, -0.1) is 11.3 Å². The van der Waals surface area contributed by atoms with E-state index in [9.17, 15) is 4.79 Å². The van der Waals surface area contributed by atoms with Crippen LogP contribution in [0.25, 0.3) is 10.2 Å². The molecule has 1 saturated carbocycles. The van der Waals surface area contributed by atoms with Crippen molar-refractivity contribution in [3.8, 4) is 0 Å². The van der Waals surface area contributed by atoms with Gasteiger partial charge < -0.3 is 10.1 Å². The molecule has 23 heavy (non-hydrogen) atoms. The molecular formula is C16H20ClN3O2S. The molecule has 0 atom stereocenters. The highest BCUT2D eigenvalue weighted by molar-refractivity contribution is 7.17. The zero-order valence-corrected chi connectivity index (χ0v) is 14.7. The number of carbonyl (C=O) groups excluding carboxylic acids is 1. The standard InChI is InChI=1S/C16H20ClN3O2S/c1-2-22-15(21)11-9-23-14-12(11)13(19-16(17)20-14)18-10-7-5-3-4-6-8-10/h9-10H,2-8H2,1H3,(H,18,19,20). The molecular weight excluding hydrogens is 334 g/mol. The number of nitrogens with one attached hydrogen (secondary N) is 1. The van der Waals surface area contributed by atoms with Crippen molar-refractivity contribution >= 4 is 44.9 Å². The van der Waals surface area contributed by atoms with E-state index in [1.165, 1.54) is 37.0 Å². The fraction of sp³-hybridized carbons (Fsp3) is 0.562. The summed E-state index contributed by atoms with van der Waals surface area (Å²) in [6.07, 6.45) is 7.22. The smallest absolute Gasteiger partial charge is 0.339 e. The number of anilines is 1. The summed E-state index contributed by atoms with van der Waals surface area (Å²) >= 11 is 7.44. The van der Waals surface area contributed by atoms with Crippen LogP contribution < -0.4 is 5.32 Å². The lowest BCUT2D eigenvalue weighted by Gasteiger charge is -2.18. The van der Waals surface area contributed by atoms with Crippen LogP contribution in [0.2, 0.25) is 5.28 Å². The second-order valence-electron chi connectivity index (χ2n) is 5.72. The molecule has 1 fully saturated rings. The third kappa shape index (κ3) is 3.75. The lowest BCUT2D eigenvalue weighted by atomic mass is 10.1. The van der Waals surface area contributed by atoms with Gasteiger partial charge in [-0.3, -0.25) is 0 Å². The van der Waals surface area contributed by atoms with E-state index in [1.54, 1.807) is 12.3 Å². The van der Waals surface area contributed by atoms with E-state index in [4.69, 9.17) is 16.3 Å². The molecule has 1 N–H and O–H groups in total. The van der Waals surface area contributed by atoms with Gasteiger partial charge in [0.25, 0.3) is 0 Å². The summed E-state index contributed by atoms with van der Waals surface area (Å²) < 4.78 is 5.14. The number of nitrogens with zero attached hydrogens (tertiary/aromatic N) is 2. The maximum absolute atomic E-state index is 12.2. The van der Waals surface area contributed by atoms with Crippen molar-refractivity contribution in [2.24, 2.45) is 0 Å². The van der Waals surface area contributed by atoms with Crippen LogP contribution in [0.1, 0.15) is 55.8 Å². The Morgan fingerprint density at radius 2 is 2.09 bits per heavy atom. The second-order valence-corrected chi connectivity index (χ2v) is 6.92. The number of fused-ring (bicyclic) bond motifs is 1. The zero-order valence-electron chi connectivity index (χ0n) is 13.1. The molecule has 0 spiro atoms. The van der Waals surface area contributed by atoms with E-state index >= 15 is 0 Å². The summed E-state index contributed by atoms with van der Waals surface area (Å²) in [6.45, 7) is 2.14. The van der Waals surface area contributed by atoms with Gasteiger partial charge in [-0.2, -0.15) is 0 Å². The number of esters is 1. The molecule has 0 radical (unpaired) electrons. The molecule has 5 nitrogen and oxygen atoms in total. The third-order valence-corrected chi connectivity index (χ3v) is 5.14. The van der Waals surface area contributed by atoms with Crippen LogP contribution >= 0.6 is 22.9 Å². The number of ether oxygens (including phenoxy) is 1. The average molecular weight is 354 g/mol. The van der Waals surface area contributed by atoms with E-state index in [0.717, 1.165) is 18.2 Å². The van der Waals surface area contributed by atoms with Gasteiger partial charge in [-0.05, 0) is 31.4 Å². The molecule has 3 rings (SSSR count). The normalized spacial score (nSPS) is 16.3. The van der Waals surface area contributed by atoms with Crippen LogP contribution in [0.4, 0.5) is 5.82 Å². The van der Waals surface area contributed by atoms with Crippen molar-refractivity contribution in [1.29, 1.82) is 0 Å². The molecule has 7 heteroatoms. The first-order valence-corrected chi connectivity index (χ1v) is 9.33. The number of hydrogen-bond acceptors (Lipinski definition) is 6. The molecule has 0 saturated heterocycles. The molecule has 2 heterocycles. The fourth-order valence-electron chi connectivity index (χ4n) is 3.00. The third-order valence-electron chi connectivity index (χ3n) is 4.10. The molecule has 2 aromatic rings. The van der Waals surface area contributed by atoms with E-state index in [0.29, 0.717) is 28.9 Å². The van der Waals surface area contributed by atoms with Crippen molar-refractivity contribution < 1.29 is 9.53 Å². The Bertz CT molecular complexity index is 696. The van der Waals surface area contributed by atoms with E-state index in [-0.39, 0.29) is 11.3 Å². The van der Waals surface area contributed by atoms with Crippen LogP contribution in [-0.4, -0.2) is 28.6 Å². The monoisotopic (exact) mass is 353 g/mol. The van der Waals surface area contributed by atoms with Crippen molar-refractivity contribution in [2.75, 3.05) is 11.9 Å². The van der Waals surface area contributed by atoms with E-state index in [2.05, 4.69) is 15.3 Å². The number of thiophene rings is 1. The minimum absolute atomic E-state index is 0.200. The van der Waals surface area contributed by atoms with Crippen molar-refractivity contribution in [3.63, 3.8) is 0 Å². The summed E-state index contributed by atoms with van der Waals surface area (Å²) in [5.41, 5.74) is 0.514. The molecule has 1 aliphatic rings. The molecule has 124 valence electrons.